The summed E-state index contributed by atoms with van der Waals surface area (Å²) in [6.45, 7) is 1.06. The molecule has 2 aliphatic heterocycles. The Hall–Kier alpha value is -4.82. The zero-order chi connectivity index (χ0) is 25.2. The van der Waals surface area contributed by atoms with E-state index in [1.165, 1.54) is 0 Å². The molecule has 2 aromatic heterocycles. The van der Waals surface area contributed by atoms with E-state index in [0.29, 0.717) is 35.8 Å². The third kappa shape index (κ3) is 4.82. The SMILES string of the molecule is O=C1COc2cccc(c2)-c2cncc(c2)NC(=O)C2=CCNCc3ccc(cc32)-c2cncc(c2)N1. The fourth-order valence-electron chi connectivity index (χ4n) is 4.51. The topological polar surface area (TPSA) is 105 Å². The largest absolute Gasteiger partial charge is 0.484 e. The molecule has 0 saturated heterocycles. The van der Waals surface area contributed by atoms with Gasteiger partial charge in [0, 0.05) is 42.2 Å². The van der Waals surface area contributed by atoms with E-state index >= 15 is 0 Å². The number of fused-ring (bicyclic) bond motifs is 9. The van der Waals surface area contributed by atoms with Crippen molar-refractivity contribution in [3.05, 3.63) is 96.6 Å². The molecule has 6 rings (SSSR count). The second-order valence-electron chi connectivity index (χ2n) is 8.86. The Balaban J connectivity index is 1.47. The third-order valence-electron chi connectivity index (χ3n) is 6.30. The van der Waals surface area contributed by atoms with Crippen LogP contribution in [-0.4, -0.2) is 34.9 Å². The van der Waals surface area contributed by atoms with E-state index in [1.807, 2.05) is 54.6 Å². The zero-order valence-electron chi connectivity index (χ0n) is 19.8. The molecule has 8 heteroatoms. The smallest absolute Gasteiger partial charge is 0.262 e. The van der Waals surface area contributed by atoms with Gasteiger partial charge in [-0.05, 0) is 52.6 Å². The van der Waals surface area contributed by atoms with Crippen LogP contribution in [0.4, 0.5) is 11.4 Å². The average Bonchev–Trinajstić information content (AvgIpc) is 3.14. The molecule has 0 radical (unpaired) electrons. The first-order chi connectivity index (χ1) is 18.1. The summed E-state index contributed by atoms with van der Waals surface area (Å²) in [6, 6.07) is 17.1. The molecule has 182 valence electrons. The molecule has 2 amide bonds. The van der Waals surface area contributed by atoms with Crippen molar-refractivity contribution in [1.82, 2.24) is 15.3 Å². The summed E-state index contributed by atoms with van der Waals surface area (Å²) >= 11 is 0. The number of carbonyl (C=O) groups excluding carboxylic acids is 2. The highest BCUT2D eigenvalue weighted by atomic mass is 16.5. The number of ether oxygens (including phenoxy) is 1. The molecule has 2 aliphatic rings. The van der Waals surface area contributed by atoms with Crippen molar-refractivity contribution in [3.63, 3.8) is 0 Å². The molecular formula is C29H23N5O3. The Labute approximate surface area is 213 Å². The molecule has 8 bridgehead atoms. The number of nitrogens with one attached hydrogen (secondary N) is 3. The Morgan fingerprint density at radius 1 is 0.757 bits per heavy atom. The molecule has 8 nitrogen and oxygen atoms in total. The minimum Gasteiger partial charge on any atom is -0.484 e. The molecule has 0 saturated carbocycles. The number of carbonyl (C=O) groups is 2. The molecule has 0 spiro atoms. The highest BCUT2D eigenvalue weighted by Crippen LogP contribution is 2.31. The lowest BCUT2D eigenvalue weighted by Crippen LogP contribution is -2.20. The van der Waals surface area contributed by atoms with Gasteiger partial charge in [-0.25, -0.2) is 0 Å². The minimum absolute atomic E-state index is 0.151. The predicted octanol–water partition coefficient (Wildman–Crippen LogP) is 4.27. The third-order valence-corrected chi connectivity index (χ3v) is 6.30. The molecular weight excluding hydrogens is 466 g/mol. The monoisotopic (exact) mass is 489 g/mol. The van der Waals surface area contributed by atoms with Crippen LogP contribution < -0.4 is 20.7 Å². The van der Waals surface area contributed by atoms with E-state index < -0.39 is 0 Å². The molecule has 0 atom stereocenters. The molecule has 0 aliphatic carbocycles. The second kappa shape index (κ2) is 9.67. The van der Waals surface area contributed by atoms with Gasteiger partial charge in [0.05, 0.1) is 23.8 Å². The zero-order valence-corrected chi connectivity index (χ0v) is 19.8. The first-order valence-corrected chi connectivity index (χ1v) is 11.9. The molecule has 4 heterocycles. The maximum atomic E-state index is 13.5. The summed E-state index contributed by atoms with van der Waals surface area (Å²) in [5, 5.41) is 9.22. The number of benzene rings is 2. The van der Waals surface area contributed by atoms with Crippen LogP contribution in [-0.2, 0) is 16.1 Å². The number of anilines is 2. The highest BCUT2D eigenvalue weighted by Gasteiger charge is 2.19. The first kappa shape index (κ1) is 22.6. The van der Waals surface area contributed by atoms with Gasteiger partial charge in [-0.2, -0.15) is 0 Å². The van der Waals surface area contributed by atoms with Gasteiger partial charge in [0.25, 0.3) is 11.8 Å². The van der Waals surface area contributed by atoms with Crippen molar-refractivity contribution < 1.29 is 14.3 Å². The van der Waals surface area contributed by atoms with Crippen molar-refractivity contribution in [2.75, 3.05) is 23.8 Å². The fraction of sp³-hybridized carbons (Fsp3) is 0.103. The molecule has 2 aromatic carbocycles. The van der Waals surface area contributed by atoms with Gasteiger partial charge in [-0.15, -0.1) is 0 Å². The number of rotatable bonds is 0. The van der Waals surface area contributed by atoms with E-state index in [4.69, 9.17) is 4.74 Å². The van der Waals surface area contributed by atoms with Gasteiger partial charge in [0.2, 0.25) is 0 Å². The van der Waals surface area contributed by atoms with Crippen molar-refractivity contribution in [1.29, 1.82) is 0 Å². The highest BCUT2D eigenvalue weighted by molar-refractivity contribution is 6.26. The van der Waals surface area contributed by atoms with Gasteiger partial charge < -0.3 is 20.7 Å². The summed E-state index contributed by atoms with van der Waals surface area (Å²) in [7, 11) is 0. The first-order valence-electron chi connectivity index (χ1n) is 11.9. The Morgan fingerprint density at radius 2 is 1.51 bits per heavy atom. The van der Waals surface area contributed by atoms with E-state index in [2.05, 4.69) is 25.9 Å². The van der Waals surface area contributed by atoms with E-state index in [9.17, 15) is 9.59 Å². The maximum absolute atomic E-state index is 13.5. The number of nitrogens with zero attached hydrogens (tertiary/aromatic N) is 2. The number of hydrogen-bond acceptors (Lipinski definition) is 6. The van der Waals surface area contributed by atoms with Crippen LogP contribution in [0.25, 0.3) is 27.8 Å². The number of pyridine rings is 2. The Kier molecular flexibility index (Phi) is 5.92. The number of hydrogen-bond donors (Lipinski definition) is 3. The van der Waals surface area contributed by atoms with Gasteiger partial charge >= 0.3 is 0 Å². The summed E-state index contributed by atoms with van der Waals surface area (Å²) in [5.74, 6) is 0.0423. The van der Waals surface area contributed by atoms with Crippen molar-refractivity contribution >= 4 is 28.8 Å². The molecule has 0 unspecified atom stereocenters. The summed E-state index contributed by atoms with van der Waals surface area (Å²) in [6.07, 6.45) is 8.58. The van der Waals surface area contributed by atoms with Crippen LogP contribution in [0, 0.1) is 0 Å². The van der Waals surface area contributed by atoms with Crippen LogP contribution in [0.15, 0.2) is 85.5 Å². The molecule has 3 N–H and O–H groups in total. The summed E-state index contributed by atoms with van der Waals surface area (Å²) in [4.78, 5) is 34.8. The normalized spacial score (nSPS) is 15.0. The van der Waals surface area contributed by atoms with E-state index in [1.54, 1.807) is 30.9 Å². The van der Waals surface area contributed by atoms with Crippen LogP contribution in [0.1, 0.15) is 11.1 Å². The van der Waals surface area contributed by atoms with Gasteiger partial charge in [0.15, 0.2) is 6.61 Å². The summed E-state index contributed by atoms with van der Waals surface area (Å²) in [5.41, 5.74) is 6.96. The molecule has 0 fully saturated rings. The van der Waals surface area contributed by atoms with Crippen LogP contribution in [0.3, 0.4) is 0 Å². The summed E-state index contributed by atoms with van der Waals surface area (Å²) < 4.78 is 5.74. The maximum Gasteiger partial charge on any atom is 0.262 e. The van der Waals surface area contributed by atoms with Gasteiger partial charge in [0.1, 0.15) is 5.75 Å². The lowest BCUT2D eigenvalue weighted by Gasteiger charge is -2.14. The number of aromatic nitrogens is 2. The Morgan fingerprint density at radius 3 is 2.32 bits per heavy atom. The van der Waals surface area contributed by atoms with Crippen LogP contribution >= 0.6 is 0 Å². The van der Waals surface area contributed by atoms with E-state index in [0.717, 1.165) is 33.4 Å². The van der Waals surface area contributed by atoms with Crippen molar-refractivity contribution in [3.8, 4) is 28.0 Å². The number of amides is 2. The fourth-order valence-corrected chi connectivity index (χ4v) is 4.51. The quantitative estimate of drug-likeness (QED) is 0.341. The van der Waals surface area contributed by atoms with Gasteiger partial charge in [-0.3, -0.25) is 19.6 Å². The Bertz CT molecular complexity index is 1560. The lowest BCUT2D eigenvalue weighted by molar-refractivity contribution is -0.118. The molecule has 37 heavy (non-hydrogen) atoms. The standard InChI is InChI=1S/C29H23N5O3/c35-28-17-37-25-3-1-2-18(10-25)21-9-24(16-32-13-21)34-29(36)26-6-7-30-12-20-5-4-19(11-27(20)26)22-8-23(33-28)15-31-14-22/h1-6,8-11,13-16,30H,7,12,17H2,(H,33,35)(H,34,36). The van der Waals surface area contributed by atoms with E-state index in [-0.39, 0.29) is 18.4 Å². The van der Waals surface area contributed by atoms with Crippen LogP contribution in [0.5, 0.6) is 5.75 Å². The predicted molar refractivity (Wildman–Crippen MR) is 142 cm³/mol. The van der Waals surface area contributed by atoms with Gasteiger partial charge in [-0.1, -0.05) is 30.3 Å². The van der Waals surface area contributed by atoms with Crippen molar-refractivity contribution in [2.45, 2.75) is 6.54 Å². The average molecular weight is 490 g/mol. The minimum atomic E-state index is -0.293. The van der Waals surface area contributed by atoms with Crippen LogP contribution in [0.2, 0.25) is 0 Å². The second-order valence-corrected chi connectivity index (χ2v) is 8.86. The molecule has 4 aromatic rings. The van der Waals surface area contributed by atoms with Crippen molar-refractivity contribution in [2.24, 2.45) is 0 Å². The lowest BCUT2D eigenvalue weighted by atomic mass is 9.94.